The van der Waals surface area contributed by atoms with E-state index in [1.807, 2.05) is 6.07 Å². The predicted molar refractivity (Wildman–Crippen MR) is 75.6 cm³/mol. The summed E-state index contributed by atoms with van der Waals surface area (Å²) >= 11 is 12.1. The molecular weight excluding hydrogens is 273 g/mol. The van der Waals surface area contributed by atoms with Gasteiger partial charge in [-0.2, -0.15) is 0 Å². The molecule has 1 rings (SSSR count). The number of rotatable bonds is 6. The smallest absolute Gasteiger partial charge is 0.142 e. The van der Waals surface area contributed by atoms with Crippen LogP contribution in [0.3, 0.4) is 0 Å². The highest BCUT2D eigenvalue weighted by molar-refractivity contribution is 6.35. The summed E-state index contributed by atoms with van der Waals surface area (Å²) in [4.78, 5) is 0. The van der Waals surface area contributed by atoms with Crippen molar-refractivity contribution in [2.75, 3.05) is 6.61 Å². The molecule has 0 saturated heterocycles. The highest BCUT2D eigenvalue weighted by Crippen LogP contribution is 2.32. The van der Waals surface area contributed by atoms with Crippen molar-refractivity contribution in [2.24, 2.45) is 0 Å². The van der Waals surface area contributed by atoms with Crippen LogP contribution in [-0.4, -0.2) is 23.9 Å². The monoisotopic (exact) mass is 291 g/mol. The van der Waals surface area contributed by atoms with Crippen molar-refractivity contribution in [3.63, 3.8) is 0 Å². The number of hydrogen-bond donors (Lipinski definition) is 2. The van der Waals surface area contributed by atoms with Gasteiger partial charge in [-0.25, -0.2) is 0 Å². The minimum Gasteiger partial charge on any atom is -0.489 e. The molecule has 3 nitrogen and oxygen atoms in total. The first-order chi connectivity index (χ1) is 8.40. The topological polar surface area (TPSA) is 41.5 Å². The van der Waals surface area contributed by atoms with Gasteiger partial charge in [-0.1, -0.05) is 37.0 Å². The summed E-state index contributed by atoms with van der Waals surface area (Å²) in [7, 11) is 0. The van der Waals surface area contributed by atoms with Crippen molar-refractivity contribution in [3.8, 4) is 5.75 Å². The fourth-order valence-corrected chi connectivity index (χ4v) is 2.01. The van der Waals surface area contributed by atoms with E-state index >= 15 is 0 Å². The van der Waals surface area contributed by atoms with Crippen LogP contribution in [0.25, 0.3) is 0 Å². The summed E-state index contributed by atoms with van der Waals surface area (Å²) in [6, 6.07) is 3.81. The van der Waals surface area contributed by atoms with Gasteiger partial charge in [0.1, 0.15) is 12.4 Å². The third kappa shape index (κ3) is 5.02. The molecule has 0 heterocycles. The summed E-state index contributed by atoms with van der Waals surface area (Å²) in [5, 5.41) is 13.6. The lowest BCUT2D eigenvalue weighted by Crippen LogP contribution is -2.22. The highest BCUT2D eigenvalue weighted by Gasteiger charge is 2.12. The first-order valence-electron chi connectivity index (χ1n) is 5.92. The van der Waals surface area contributed by atoms with E-state index in [1.165, 1.54) is 0 Å². The molecule has 0 saturated carbocycles. The lowest BCUT2D eigenvalue weighted by Gasteiger charge is -2.16. The summed E-state index contributed by atoms with van der Waals surface area (Å²) < 4.78 is 5.54. The van der Waals surface area contributed by atoms with E-state index in [4.69, 9.17) is 27.9 Å². The Morgan fingerprint density at radius 1 is 1.28 bits per heavy atom. The fraction of sp³-hybridized carbons (Fsp3) is 0.538. The lowest BCUT2D eigenvalue weighted by atomic mass is 10.2. The molecule has 0 aromatic heterocycles. The Morgan fingerprint density at radius 3 is 2.50 bits per heavy atom. The maximum atomic E-state index is 9.26. The van der Waals surface area contributed by atoms with Gasteiger partial charge in [0, 0.05) is 23.2 Å². The number of nitrogens with one attached hydrogen (secondary N) is 1. The first-order valence-corrected chi connectivity index (χ1v) is 6.68. The van der Waals surface area contributed by atoms with Crippen molar-refractivity contribution in [3.05, 3.63) is 27.7 Å². The third-order valence-corrected chi connectivity index (χ3v) is 2.75. The molecule has 0 bridgehead atoms. The molecular formula is C13H19Cl2NO2. The van der Waals surface area contributed by atoms with Gasteiger partial charge in [-0.3, -0.25) is 0 Å². The van der Waals surface area contributed by atoms with Gasteiger partial charge < -0.3 is 15.2 Å². The van der Waals surface area contributed by atoms with Crippen LogP contribution >= 0.6 is 23.2 Å². The quantitative estimate of drug-likeness (QED) is 0.845. The Bertz CT molecular complexity index is 395. The summed E-state index contributed by atoms with van der Waals surface area (Å²) in [5.41, 5.74) is 0.891. The van der Waals surface area contributed by atoms with Crippen LogP contribution in [0.15, 0.2) is 12.1 Å². The molecule has 1 aromatic carbocycles. The number of halogens is 2. The zero-order chi connectivity index (χ0) is 13.7. The molecule has 102 valence electrons. The van der Waals surface area contributed by atoms with Gasteiger partial charge in [0.05, 0.1) is 11.1 Å². The molecule has 1 atom stereocenters. The van der Waals surface area contributed by atoms with Crippen molar-refractivity contribution >= 4 is 23.2 Å². The second-order valence-electron chi connectivity index (χ2n) is 4.57. The van der Waals surface area contributed by atoms with E-state index in [0.29, 0.717) is 28.4 Å². The Balaban J connectivity index is 2.89. The average molecular weight is 292 g/mol. The molecule has 0 radical (unpaired) electrons. The molecule has 0 spiro atoms. The molecule has 1 aromatic rings. The second-order valence-corrected chi connectivity index (χ2v) is 5.42. The number of hydrogen-bond acceptors (Lipinski definition) is 3. The second kappa shape index (κ2) is 7.19. The van der Waals surface area contributed by atoms with Crippen LogP contribution in [0.4, 0.5) is 0 Å². The molecule has 0 aliphatic carbocycles. The number of benzene rings is 1. The van der Waals surface area contributed by atoms with Crippen LogP contribution in [0.5, 0.6) is 5.75 Å². The average Bonchev–Trinajstić information content (AvgIpc) is 2.24. The van der Waals surface area contributed by atoms with E-state index in [1.54, 1.807) is 13.0 Å². The minimum atomic E-state index is -0.539. The first kappa shape index (κ1) is 15.6. The van der Waals surface area contributed by atoms with Crippen LogP contribution < -0.4 is 10.1 Å². The van der Waals surface area contributed by atoms with Crippen LogP contribution in [0.2, 0.25) is 10.0 Å². The number of ether oxygens (including phenoxy) is 1. The molecule has 0 aliphatic heterocycles. The standard InChI is InChI=1S/C13H19Cl2NO2/c1-8(2)16-6-10-4-11(14)5-12(15)13(10)18-7-9(3)17/h4-5,8-9,16-17H,6-7H2,1-3H3. The van der Waals surface area contributed by atoms with E-state index in [0.717, 1.165) is 5.56 Å². The Morgan fingerprint density at radius 2 is 1.94 bits per heavy atom. The zero-order valence-electron chi connectivity index (χ0n) is 10.8. The van der Waals surface area contributed by atoms with Crippen molar-refractivity contribution in [1.82, 2.24) is 5.32 Å². The summed E-state index contributed by atoms with van der Waals surface area (Å²) in [6.07, 6.45) is -0.539. The molecule has 0 aliphatic rings. The summed E-state index contributed by atoms with van der Waals surface area (Å²) in [5.74, 6) is 0.579. The van der Waals surface area contributed by atoms with Crippen LogP contribution in [0.1, 0.15) is 26.3 Å². The molecule has 0 fully saturated rings. The van der Waals surface area contributed by atoms with Gasteiger partial charge in [0.2, 0.25) is 0 Å². The van der Waals surface area contributed by atoms with E-state index in [2.05, 4.69) is 19.2 Å². The van der Waals surface area contributed by atoms with E-state index in [9.17, 15) is 5.11 Å². The minimum absolute atomic E-state index is 0.204. The third-order valence-electron chi connectivity index (χ3n) is 2.25. The molecule has 2 N–H and O–H groups in total. The van der Waals surface area contributed by atoms with E-state index in [-0.39, 0.29) is 6.61 Å². The van der Waals surface area contributed by atoms with Gasteiger partial charge in [-0.15, -0.1) is 0 Å². The Labute approximate surface area is 118 Å². The van der Waals surface area contributed by atoms with Crippen molar-refractivity contribution in [2.45, 2.75) is 39.5 Å². The summed E-state index contributed by atoms with van der Waals surface area (Å²) in [6.45, 7) is 6.60. The van der Waals surface area contributed by atoms with E-state index < -0.39 is 6.10 Å². The van der Waals surface area contributed by atoms with Gasteiger partial charge in [-0.05, 0) is 19.1 Å². The van der Waals surface area contributed by atoms with Crippen molar-refractivity contribution < 1.29 is 9.84 Å². The number of aliphatic hydroxyl groups excluding tert-OH is 1. The molecule has 5 heteroatoms. The number of aliphatic hydroxyl groups is 1. The van der Waals surface area contributed by atoms with Gasteiger partial charge in [0.25, 0.3) is 0 Å². The van der Waals surface area contributed by atoms with Crippen LogP contribution in [0, 0.1) is 0 Å². The lowest BCUT2D eigenvalue weighted by molar-refractivity contribution is 0.122. The fourth-order valence-electron chi connectivity index (χ4n) is 1.42. The maximum Gasteiger partial charge on any atom is 0.142 e. The van der Waals surface area contributed by atoms with Crippen molar-refractivity contribution in [1.29, 1.82) is 0 Å². The van der Waals surface area contributed by atoms with Crippen LogP contribution in [-0.2, 0) is 6.54 Å². The predicted octanol–water partition coefficient (Wildman–Crippen LogP) is 3.25. The van der Waals surface area contributed by atoms with Gasteiger partial charge in [0.15, 0.2) is 0 Å². The largest absolute Gasteiger partial charge is 0.489 e. The van der Waals surface area contributed by atoms with Gasteiger partial charge >= 0.3 is 0 Å². The molecule has 18 heavy (non-hydrogen) atoms. The highest BCUT2D eigenvalue weighted by atomic mass is 35.5. The maximum absolute atomic E-state index is 9.26. The molecule has 0 amide bonds. The SMILES string of the molecule is CC(O)COc1c(Cl)cc(Cl)cc1CNC(C)C. The Kier molecular flexibility index (Phi) is 6.22. The molecule has 1 unspecified atom stereocenters. The zero-order valence-corrected chi connectivity index (χ0v) is 12.3. The Hall–Kier alpha value is -0.480. The normalized spacial score (nSPS) is 12.8.